The van der Waals surface area contributed by atoms with Crippen LogP contribution >= 0.6 is 15.9 Å². The van der Waals surface area contributed by atoms with E-state index in [1.165, 1.54) is 0 Å². The summed E-state index contributed by atoms with van der Waals surface area (Å²) in [5.41, 5.74) is 2.23. The molecule has 1 amide bonds. The lowest BCUT2D eigenvalue weighted by atomic mass is 10.2. The van der Waals surface area contributed by atoms with Gasteiger partial charge in [0.25, 0.3) is 5.91 Å². The van der Waals surface area contributed by atoms with Crippen molar-refractivity contribution in [3.8, 4) is 11.5 Å². The number of ether oxygens (including phenoxy) is 2. The monoisotopic (exact) mass is 443 g/mol. The van der Waals surface area contributed by atoms with Gasteiger partial charge in [-0.3, -0.25) is 9.48 Å². The highest BCUT2D eigenvalue weighted by Gasteiger charge is 2.11. The van der Waals surface area contributed by atoms with E-state index in [1.807, 2.05) is 50.2 Å². The van der Waals surface area contributed by atoms with E-state index in [4.69, 9.17) is 9.47 Å². The van der Waals surface area contributed by atoms with Crippen molar-refractivity contribution in [2.75, 3.05) is 18.5 Å². The predicted molar refractivity (Wildman–Crippen MR) is 112 cm³/mol. The molecular formula is C21H22BrN3O3. The maximum Gasteiger partial charge on any atom is 0.256 e. The number of nitrogens with zero attached hydrogens (tertiary/aromatic N) is 2. The molecule has 0 radical (unpaired) electrons. The summed E-state index contributed by atoms with van der Waals surface area (Å²) < 4.78 is 13.8. The highest BCUT2D eigenvalue weighted by molar-refractivity contribution is 9.10. The number of carbonyl (C=O) groups is 1. The fraction of sp³-hybridized carbons (Fsp3) is 0.238. The number of hydrogen-bond acceptors (Lipinski definition) is 4. The summed E-state index contributed by atoms with van der Waals surface area (Å²) in [5.74, 6) is 1.26. The van der Waals surface area contributed by atoms with Crippen LogP contribution in [0.15, 0.2) is 59.3 Å². The van der Waals surface area contributed by atoms with Gasteiger partial charge in [0.2, 0.25) is 0 Å². The lowest BCUT2D eigenvalue weighted by molar-refractivity contribution is 0.102. The molecule has 3 rings (SSSR count). The minimum atomic E-state index is -0.188. The Balaban J connectivity index is 1.70. The smallest absolute Gasteiger partial charge is 0.256 e. The zero-order valence-corrected chi connectivity index (χ0v) is 17.4. The summed E-state index contributed by atoms with van der Waals surface area (Å²) in [6.45, 7) is 5.58. The Labute approximate surface area is 172 Å². The minimum Gasteiger partial charge on any atom is -0.490 e. The van der Waals surface area contributed by atoms with Gasteiger partial charge in [0.05, 0.1) is 37.2 Å². The maximum atomic E-state index is 12.4. The molecule has 1 N–H and O–H groups in total. The number of anilines is 1. The molecule has 0 fully saturated rings. The van der Waals surface area contributed by atoms with E-state index in [0.29, 0.717) is 31.0 Å². The lowest BCUT2D eigenvalue weighted by Gasteiger charge is -2.12. The van der Waals surface area contributed by atoms with Crippen molar-refractivity contribution in [3.63, 3.8) is 0 Å². The second-order valence-corrected chi connectivity index (χ2v) is 6.86. The fourth-order valence-electron chi connectivity index (χ4n) is 2.74. The van der Waals surface area contributed by atoms with Crippen LogP contribution in [0.1, 0.15) is 29.8 Å². The highest BCUT2D eigenvalue weighted by atomic mass is 79.9. The van der Waals surface area contributed by atoms with Gasteiger partial charge in [0, 0.05) is 10.7 Å². The lowest BCUT2D eigenvalue weighted by Crippen LogP contribution is -2.12. The van der Waals surface area contributed by atoms with Gasteiger partial charge in [0.1, 0.15) is 0 Å². The molecule has 28 heavy (non-hydrogen) atoms. The summed E-state index contributed by atoms with van der Waals surface area (Å²) in [6.07, 6.45) is 3.43. The molecule has 146 valence electrons. The normalized spacial score (nSPS) is 10.5. The average molecular weight is 444 g/mol. The van der Waals surface area contributed by atoms with Crippen LogP contribution in [-0.2, 0) is 6.54 Å². The van der Waals surface area contributed by atoms with Crippen molar-refractivity contribution >= 4 is 27.5 Å². The van der Waals surface area contributed by atoms with E-state index >= 15 is 0 Å². The number of benzene rings is 2. The fourth-order valence-corrected chi connectivity index (χ4v) is 3.20. The Kier molecular flexibility index (Phi) is 6.71. The zero-order valence-electron chi connectivity index (χ0n) is 15.8. The van der Waals surface area contributed by atoms with Crippen LogP contribution in [0.5, 0.6) is 11.5 Å². The number of aromatic nitrogens is 2. The van der Waals surface area contributed by atoms with Crippen molar-refractivity contribution in [1.29, 1.82) is 0 Å². The SMILES string of the molecule is CCOc1ccc(Cn2cc(NC(=O)c3ccccc3Br)cn2)cc1OCC. The quantitative estimate of drug-likeness (QED) is 0.545. The first-order chi connectivity index (χ1) is 13.6. The molecule has 1 heterocycles. The highest BCUT2D eigenvalue weighted by Crippen LogP contribution is 2.29. The molecule has 0 aliphatic carbocycles. The summed E-state index contributed by atoms with van der Waals surface area (Å²) in [4.78, 5) is 12.4. The first kappa shape index (κ1) is 19.9. The van der Waals surface area contributed by atoms with E-state index in [9.17, 15) is 4.79 Å². The van der Waals surface area contributed by atoms with Gasteiger partial charge in [0.15, 0.2) is 11.5 Å². The summed E-state index contributed by atoms with van der Waals surface area (Å²) in [7, 11) is 0. The van der Waals surface area contributed by atoms with Crippen LogP contribution in [-0.4, -0.2) is 28.9 Å². The van der Waals surface area contributed by atoms with Gasteiger partial charge in [-0.1, -0.05) is 18.2 Å². The molecule has 2 aromatic carbocycles. The molecule has 0 saturated carbocycles. The van der Waals surface area contributed by atoms with Gasteiger partial charge in [-0.25, -0.2) is 0 Å². The number of hydrogen-bond donors (Lipinski definition) is 1. The Morgan fingerprint density at radius 3 is 2.61 bits per heavy atom. The second-order valence-electron chi connectivity index (χ2n) is 6.01. The van der Waals surface area contributed by atoms with Gasteiger partial charge in [-0.05, 0) is 59.6 Å². The van der Waals surface area contributed by atoms with Gasteiger partial charge >= 0.3 is 0 Å². The van der Waals surface area contributed by atoms with E-state index in [0.717, 1.165) is 21.5 Å². The Morgan fingerprint density at radius 2 is 1.86 bits per heavy atom. The molecule has 0 saturated heterocycles. The van der Waals surface area contributed by atoms with Crippen molar-refractivity contribution < 1.29 is 14.3 Å². The third-order valence-corrected chi connectivity index (χ3v) is 4.65. The Hall–Kier alpha value is -2.80. The van der Waals surface area contributed by atoms with Gasteiger partial charge in [-0.15, -0.1) is 0 Å². The first-order valence-electron chi connectivity index (χ1n) is 9.07. The summed E-state index contributed by atoms with van der Waals surface area (Å²) in [6, 6.07) is 13.1. The Morgan fingerprint density at radius 1 is 1.11 bits per heavy atom. The molecule has 7 heteroatoms. The third-order valence-electron chi connectivity index (χ3n) is 3.96. The van der Waals surface area contributed by atoms with E-state index in [2.05, 4.69) is 26.3 Å². The molecular weight excluding hydrogens is 422 g/mol. The van der Waals surface area contributed by atoms with Crippen LogP contribution in [0.4, 0.5) is 5.69 Å². The van der Waals surface area contributed by atoms with E-state index < -0.39 is 0 Å². The number of halogens is 1. The molecule has 0 unspecified atom stereocenters. The average Bonchev–Trinajstić information content (AvgIpc) is 3.11. The molecule has 1 aromatic heterocycles. The second kappa shape index (κ2) is 9.41. The predicted octanol–water partition coefficient (Wildman–Crippen LogP) is 4.74. The molecule has 3 aromatic rings. The molecule has 0 aliphatic heterocycles. The van der Waals surface area contributed by atoms with Crippen LogP contribution < -0.4 is 14.8 Å². The number of rotatable bonds is 8. The van der Waals surface area contributed by atoms with Crippen LogP contribution in [0.25, 0.3) is 0 Å². The number of nitrogens with one attached hydrogen (secondary N) is 1. The largest absolute Gasteiger partial charge is 0.490 e. The summed E-state index contributed by atoms with van der Waals surface area (Å²) >= 11 is 3.39. The Bertz CT molecular complexity index is 956. The zero-order chi connectivity index (χ0) is 19.9. The third kappa shape index (κ3) is 4.92. The molecule has 6 nitrogen and oxygen atoms in total. The molecule has 0 spiro atoms. The molecule has 0 aliphatic rings. The minimum absolute atomic E-state index is 0.188. The number of carbonyl (C=O) groups excluding carboxylic acids is 1. The standard InChI is InChI=1S/C21H22BrN3O3/c1-3-27-19-10-9-15(11-20(19)28-4-2)13-25-14-16(12-23-25)24-21(26)17-7-5-6-8-18(17)22/h5-12,14H,3-4,13H2,1-2H3,(H,24,26). The van der Waals surface area contributed by atoms with Crippen LogP contribution in [0.3, 0.4) is 0 Å². The summed E-state index contributed by atoms with van der Waals surface area (Å²) in [5, 5.41) is 7.20. The van der Waals surface area contributed by atoms with Crippen molar-refractivity contribution in [2.45, 2.75) is 20.4 Å². The number of amides is 1. The topological polar surface area (TPSA) is 65.4 Å². The van der Waals surface area contributed by atoms with E-state index in [1.54, 1.807) is 23.1 Å². The van der Waals surface area contributed by atoms with Crippen molar-refractivity contribution in [3.05, 3.63) is 70.5 Å². The molecule has 0 bridgehead atoms. The van der Waals surface area contributed by atoms with E-state index in [-0.39, 0.29) is 5.91 Å². The van der Waals surface area contributed by atoms with Crippen LogP contribution in [0.2, 0.25) is 0 Å². The molecule has 0 atom stereocenters. The maximum absolute atomic E-state index is 12.4. The van der Waals surface area contributed by atoms with Crippen LogP contribution in [0, 0.1) is 0 Å². The van der Waals surface area contributed by atoms with Crippen molar-refractivity contribution in [2.24, 2.45) is 0 Å². The van der Waals surface area contributed by atoms with Gasteiger partial charge in [-0.2, -0.15) is 5.10 Å². The van der Waals surface area contributed by atoms with Crippen molar-refractivity contribution in [1.82, 2.24) is 9.78 Å². The van der Waals surface area contributed by atoms with Gasteiger partial charge < -0.3 is 14.8 Å². The first-order valence-corrected chi connectivity index (χ1v) is 9.86.